The monoisotopic (exact) mass is 319 g/mol. The van der Waals surface area contributed by atoms with E-state index < -0.39 is 0 Å². The molecule has 0 aromatic heterocycles. The molecule has 0 spiro atoms. The summed E-state index contributed by atoms with van der Waals surface area (Å²) in [7, 11) is 7.41. The molecule has 0 bridgehead atoms. The van der Waals surface area contributed by atoms with Gasteiger partial charge in [0.25, 0.3) is 0 Å². The summed E-state index contributed by atoms with van der Waals surface area (Å²) >= 11 is 0. The first kappa shape index (κ1) is 19.2. The van der Waals surface area contributed by atoms with Gasteiger partial charge in [-0.15, -0.1) is 0 Å². The highest BCUT2D eigenvalue weighted by Gasteiger charge is 2.17. The van der Waals surface area contributed by atoms with Crippen LogP contribution in [0, 0.1) is 6.92 Å². The Balaban J connectivity index is 2.73. The minimum atomic E-state index is -0.0122. The lowest BCUT2D eigenvalue weighted by Gasteiger charge is -2.25. The van der Waals surface area contributed by atoms with E-state index in [-0.39, 0.29) is 24.7 Å². The summed E-state index contributed by atoms with van der Waals surface area (Å²) in [5, 5.41) is 0. The van der Waals surface area contributed by atoms with E-state index in [1.54, 1.807) is 14.1 Å². The lowest BCUT2D eigenvalue weighted by Crippen LogP contribution is -2.37. The molecule has 0 aliphatic carbocycles. The molecule has 1 aromatic carbocycles. The summed E-state index contributed by atoms with van der Waals surface area (Å²) in [6, 6.07) is 8.10. The maximum atomic E-state index is 12.5. The van der Waals surface area contributed by atoms with E-state index in [9.17, 15) is 9.59 Å². The average Bonchev–Trinajstić information content (AvgIpc) is 2.50. The van der Waals surface area contributed by atoms with Gasteiger partial charge in [0, 0.05) is 46.6 Å². The van der Waals surface area contributed by atoms with Crippen LogP contribution in [0.1, 0.15) is 24.0 Å². The second-order valence-electron chi connectivity index (χ2n) is 6.33. The molecule has 128 valence electrons. The summed E-state index contributed by atoms with van der Waals surface area (Å²) < 4.78 is 0. The minimum Gasteiger partial charge on any atom is -0.349 e. The van der Waals surface area contributed by atoms with Crippen LogP contribution in [0.2, 0.25) is 0 Å². The van der Waals surface area contributed by atoms with Gasteiger partial charge in [-0.25, -0.2) is 0 Å². The quantitative estimate of drug-likeness (QED) is 0.733. The summed E-state index contributed by atoms with van der Waals surface area (Å²) in [5.74, 6) is 0.0205. The Kier molecular flexibility index (Phi) is 7.75. The molecule has 0 heterocycles. The lowest BCUT2D eigenvalue weighted by molar-refractivity contribution is -0.136. The number of amides is 2. The molecule has 0 N–H and O–H groups in total. The van der Waals surface area contributed by atoms with Crippen molar-refractivity contribution in [3.63, 3.8) is 0 Å². The summed E-state index contributed by atoms with van der Waals surface area (Å²) in [6.45, 7) is 4.12. The normalized spacial score (nSPS) is 10.7. The molecule has 2 amide bonds. The van der Waals surface area contributed by atoms with Crippen molar-refractivity contribution >= 4 is 11.8 Å². The SMILES string of the molecule is Cc1ccccc1CN(CCN(C)C)C(=O)CCC(=O)N(C)C. The molecule has 0 aliphatic heterocycles. The van der Waals surface area contributed by atoms with E-state index >= 15 is 0 Å². The molecule has 0 saturated heterocycles. The van der Waals surface area contributed by atoms with Crippen LogP contribution in [0.4, 0.5) is 0 Å². The first-order valence-electron chi connectivity index (χ1n) is 7.98. The van der Waals surface area contributed by atoms with Gasteiger partial charge in [0.2, 0.25) is 11.8 Å². The molecule has 5 heteroatoms. The molecular weight excluding hydrogens is 290 g/mol. The highest BCUT2D eigenvalue weighted by molar-refractivity contribution is 5.83. The Morgan fingerprint density at radius 1 is 0.913 bits per heavy atom. The minimum absolute atomic E-state index is 0.0122. The third-order valence-electron chi connectivity index (χ3n) is 3.84. The highest BCUT2D eigenvalue weighted by atomic mass is 16.2. The van der Waals surface area contributed by atoms with Crippen LogP contribution < -0.4 is 0 Å². The highest BCUT2D eigenvalue weighted by Crippen LogP contribution is 2.12. The molecule has 0 saturated carbocycles. The van der Waals surface area contributed by atoms with Crippen molar-refractivity contribution in [1.82, 2.24) is 14.7 Å². The Morgan fingerprint density at radius 3 is 2.09 bits per heavy atom. The zero-order valence-corrected chi connectivity index (χ0v) is 15.0. The Bertz CT molecular complexity index is 527. The number of benzene rings is 1. The van der Waals surface area contributed by atoms with Crippen LogP contribution in [0.25, 0.3) is 0 Å². The average molecular weight is 319 g/mol. The van der Waals surface area contributed by atoms with Gasteiger partial charge in [0.15, 0.2) is 0 Å². The third kappa shape index (κ3) is 6.82. The van der Waals surface area contributed by atoms with Crippen LogP contribution in [0.5, 0.6) is 0 Å². The summed E-state index contributed by atoms with van der Waals surface area (Å²) in [5.41, 5.74) is 2.33. The molecule has 0 atom stereocenters. The van der Waals surface area contributed by atoms with Crippen LogP contribution >= 0.6 is 0 Å². The van der Waals surface area contributed by atoms with Crippen LogP contribution in [-0.4, -0.2) is 67.8 Å². The molecule has 0 aliphatic rings. The van der Waals surface area contributed by atoms with E-state index in [1.807, 2.05) is 31.1 Å². The second-order valence-corrected chi connectivity index (χ2v) is 6.33. The number of rotatable bonds is 8. The first-order valence-corrected chi connectivity index (χ1v) is 7.98. The zero-order chi connectivity index (χ0) is 17.4. The number of nitrogens with zero attached hydrogens (tertiary/aromatic N) is 3. The molecule has 5 nitrogen and oxygen atoms in total. The van der Waals surface area contributed by atoms with Crippen molar-refractivity contribution in [1.29, 1.82) is 0 Å². The maximum absolute atomic E-state index is 12.5. The maximum Gasteiger partial charge on any atom is 0.223 e. The van der Waals surface area contributed by atoms with Crippen molar-refractivity contribution < 1.29 is 9.59 Å². The molecule has 23 heavy (non-hydrogen) atoms. The van der Waals surface area contributed by atoms with Gasteiger partial charge in [0.1, 0.15) is 0 Å². The standard InChI is InChI=1S/C18H29N3O2/c1-15-8-6-7-9-16(15)14-21(13-12-19(2)3)18(23)11-10-17(22)20(4)5/h6-9H,10-14H2,1-5H3. The molecular formula is C18H29N3O2. The molecule has 0 radical (unpaired) electrons. The van der Waals surface area contributed by atoms with Crippen molar-refractivity contribution in [2.45, 2.75) is 26.3 Å². The van der Waals surface area contributed by atoms with Gasteiger partial charge in [0.05, 0.1) is 0 Å². The van der Waals surface area contributed by atoms with Gasteiger partial charge < -0.3 is 14.7 Å². The number of aryl methyl sites for hydroxylation is 1. The third-order valence-corrected chi connectivity index (χ3v) is 3.84. The molecule has 1 aromatic rings. The summed E-state index contributed by atoms with van der Waals surface area (Å²) in [4.78, 5) is 29.7. The molecule has 0 fully saturated rings. The van der Waals surface area contributed by atoms with Gasteiger partial charge in [-0.2, -0.15) is 0 Å². The van der Waals surface area contributed by atoms with Gasteiger partial charge in [-0.1, -0.05) is 24.3 Å². The van der Waals surface area contributed by atoms with E-state index in [2.05, 4.69) is 24.0 Å². The molecule has 1 rings (SSSR count). The predicted octanol–water partition coefficient (Wildman–Crippen LogP) is 1.75. The number of carbonyl (C=O) groups excluding carboxylic acids is 2. The van der Waals surface area contributed by atoms with Gasteiger partial charge >= 0.3 is 0 Å². The Morgan fingerprint density at radius 2 is 1.52 bits per heavy atom. The van der Waals surface area contributed by atoms with E-state index in [0.29, 0.717) is 13.1 Å². The van der Waals surface area contributed by atoms with Crippen LogP contribution in [-0.2, 0) is 16.1 Å². The van der Waals surface area contributed by atoms with E-state index in [1.165, 1.54) is 10.5 Å². The van der Waals surface area contributed by atoms with Crippen molar-refractivity contribution in [2.75, 3.05) is 41.3 Å². The Labute approximate surface area is 139 Å². The fraction of sp³-hybridized carbons (Fsp3) is 0.556. The van der Waals surface area contributed by atoms with Crippen molar-refractivity contribution in [2.24, 2.45) is 0 Å². The van der Waals surface area contributed by atoms with Crippen molar-refractivity contribution in [3.8, 4) is 0 Å². The number of carbonyl (C=O) groups is 2. The molecule has 0 unspecified atom stereocenters. The van der Waals surface area contributed by atoms with Gasteiger partial charge in [-0.3, -0.25) is 9.59 Å². The second kappa shape index (κ2) is 9.30. The summed E-state index contributed by atoms with van der Waals surface area (Å²) in [6.07, 6.45) is 0.522. The first-order chi connectivity index (χ1) is 10.8. The smallest absolute Gasteiger partial charge is 0.223 e. The van der Waals surface area contributed by atoms with Crippen LogP contribution in [0.15, 0.2) is 24.3 Å². The van der Waals surface area contributed by atoms with Crippen molar-refractivity contribution in [3.05, 3.63) is 35.4 Å². The zero-order valence-electron chi connectivity index (χ0n) is 15.0. The Hall–Kier alpha value is -1.88. The van der Waals surface area contributed by atoms with E-state index in [0.717, 1.165) is 12.1 Å². The topological polar surface area (TPSA) is 43.9 Å². The number of likely N-dealkylation sites (N-methyl/N-ethyl adjacent to an activating group) is 1. The number of hydrogen-bond acceptors (Lipinski definition) is 3. The number of hydrogen-bond donors (Lipinski definition) is 0. The lowest BCUT2D eigenvalue weighted by atomic mass is 10.1. The van der Waals surface area contributed by atoms with Gasteiger partial charge in [-0.05, 0) is 32.1 Å². The predicted molar refractivity (Wildman–Crippen MR) is 93.1 cm³/mol. The van der Waals surface area contributed by atoms with E-state index in [4.69, 9.17) is 0 Å². The fourth-order valence-electron chi connectivity index (χ4n) is 2.20. The fourth-order valence-corrected chi connectivity index (χ4v) is 2.20. The van der Waals surface area contributed by atoms with Crippen LogP contribution in [0.3, 0.4) is 0 Å². The largest absolute Gasteiger partial charge is 0.349 e.